The van der Waals surface area contributed by atoms with Gasteiger partial charge in [0.2, 0.25) is 0 Å². The molecule has 0 aromatic heterocycles. The molecule has 2 unspecified atom stereocenters. The maximum absolute atomic E-state index is 11.7. The molecule has 0 aliphatic heterocycles. The van der Waals surface area contributed by atoms with Crippen molar-refractivity contribution >= 4 is 9.84 Å². The van der Waals surface area contributed by atoms with Gasteiger partial charge in [0.05, 0.1) is 11.0 Å². The highest BCUT2D eigenvalue weighted by molar-refractivity contribution is 7.92. The Morgan fingerprint density at radius 2 is 2.08 bits per heavy atom. The van der Waals surface area contributed by atoms with Crippen LogP contribution in [-0.4, -0.2) is 26.0 Å². The molecular weight excluding hydrogens is 186 g/mol. The molecule has 13 heavy (non-hydrogen) atoms. The van der Waals surface area contributed by atoms with E-state index in [1.807, 2.05) is 6.92 Å². The highest BCUT2D eigenvalue weighted by atomic mass is 32.2. The molecule has 0 radical (unpaired) electrons. The van der Waals surface area contributed by atoms with Gasteiger partial charge in [-0.25, -0.2) is 8.42 Å². The normalized spacial score (nSPS) is 29.4. The Labute approximate surface area is 80.6 Å². The molecule has 0 heterocycles. The standard InChI is InChI=1S/C9H19NO2S/c1-2-6-13(11,12)9-5-3-4-8(9)7-10/h8-9H,2-7,10H2,1H3. The maximum atomic E-state index is 11.7. The number of nitrogens with two attached hydrogens (primary N) is 1. The predicted molar refractivity (Wildman–Crippen MR) is 54.3 cm³/mol. The fraction of sp³-hybridized carbons (Fsp3) is 1.00. The third-order valence-electron chi connectivity index (χ3n) is 2.84. The lowest BCUT2D eigenvalue weighted by molar-refractivity contribution is 0.523. The van der Waals surface area contributed by atoms with Crippen molar-refractivity contribution in [1.82, 2.24) is 0 Å². The Bertz CT molecular complexity index is 248. The van der Waals surface area contributed by atoms with Gasteiger partial charge in [-0.15, -0.1) is 0 Å². The lowest BCUT2D eigenvalue weighted by Crippen LogP contribution is -2.31. The van der Waals surface area contributed by atoms with Crippen LogP contribution in [0.25, 0.3) is 0 Å². The second kappa shape index (κ2) is 4.42. The Kier molecular flexibility index (Phi) is 3.74. The fourth-order valence-electron chi connectivity index (χ4n) is 2.18. The van der Waals surface area contributed by atoms with E-state index in [0.29, 0.717) is 12.3 Å². The molecule has 0 spiro atoms. The first kappa shape index (κ1) is 11.0. The third-order valence-corrected chi connectivity index (χ3v) is 5.36. The van der Waals surface area contributed by atoms with Gasteiger partial charge < -0.3 is 5.73 Å². The number of sulfone groups is 1. The van der Waals surface area contributed by atoms with Crippen LogP contribution < -0.4 is 5.73 Å². The molecule has 1 aliphatic rings. The van der Waals surface area contributed by atoms with Crippen molar-refractivity contribution in [1.29, 1.82) is 0 Å². The van der Waals surface area contributed by atoms with Crippen molar-refractivity contribution in [2.24, 2.45) is 11.7 Å². The average Bonchev–Trinajstić information content (AvgIpc) is 2.51. The molecule has 1 saturated carbocycles. The maximum Gasteiger partial charge on any atom is 0.153 e. The van der Waals surface area contributed by atoms with Gasteiger partial charge in [0, 0.05) is 0 Å². The second-order valence-electron chi connectivity index (χ2n) is 3.83. The quantitative estimate of drug-likeness (QED) is 0.743. The van der Waals surface area contributed by atoms with Gasteiger partial charge in [0.1, 0.15) is 0 Å². The Morgan fingerprint density at radius 3 is 2.62 bits per heavy atom. The second-order valence-corrected chi connectivity index (χ2v) is 6.17. The zero-order valence-electron chi connectivity index (χ0n) is 8.20. The number of rotatable bonds is 4. The Hall–Kier alpha value is -0.0900. The molecule has 0 amide bonds. The Morgan fingerprint density at radius 1 is 1.38 bits per heavy atom. The zero-order chi connectivity index (χ0) is 9.90. The van der Waals surface area contributed by atoms with Crippen LogP contribution in [0.3, 0.4) is 0 Å². The first-order valence-electron chi connectivity index (χ1n) is 5.03. The summed E-state index contributed by atoms with van der Waals surface area (Å²) in [5.41, 5.74) is 5.55. The van der Waals surface area contributed by atoms with E-state index < -0.39 is 9.84 Å². The highest BCUT2D eigenvalue weighted by Crippen LogP contribution is 2.30. The van der Waals surface area contributed by atoms with Gasteiger partial charge in [-0.2, -0.15) is 0 Å². The molecule has 4 heteroatoms. The van der Waals surface area contributed by atoms with Gasteiger partial charge in [-0.1, -0.05) is 13.3 Å². The molecule has 0 saturated heterocycles. The van der Waals surface area contributed by atoms with E-state index in [0.717, 1.165) is 25.7 Å². The molecule has 0 aromatic rings. The lowest BCUT2D eigenvalue weighted by atomic mass is 10.1. The van der Waals surface area contributed by atoms with Crippen LogP contribution in [0.15, 0.2) is 0 Å². The van der Waals surface area contributed by atoms with E-state index in [4.69, 9.17) is 5.73 Å². The van der Waals surface area contributed by atoms with Crippen molar-refractivity contribution in [2.75, 3.05) is 12.3 Å². The van der Waals surface area contributed by atoms with E-state index in [2.05, 4.69) is 0 Å². The minimum absolute atomic E-state index is 0.141. The van der Waals surface area contributed by atoms with Crippen LogP contribution in [0.1, 0.15) is 32.6 Å². The van der Waals surface area contributed by atoms with Gasteiger partial charge in [0.15, 0.2) is 9.84 Å². The summed E-state index contributed by atoms with van der Waals surface area (Å²) in [6.45, 7) is 2.43. The summed E-state index contributed by atoms with van der Waals surface area (Å²) >= 11 is 0. The molecule has 2 atom stereocenters. The van der Waals surface area contributed by atoms with E-state index in [-0.39, 0.29) is 11.2 Å². The first-order chi connectivity index (χ1) is 6.11. The summed E-state index contributed by atoms with van der Waals surface area (Å²) in [5.74, 6) is 0.547. The van der Waals surface area contributed by atoms with E-state index >= 15 is 0 Å². The van der Waals surface area contributed by atoms with Gasteiger partial charge in [-0.3, -0.25) is 0 Å². The molecule has 0 aromatic carbocycles. The van der Waals surface area contributed by atoms with Crippen LogP contribution >= 0.6 is 0 Å². The van der Waals surface area contributed by atoms with Crippen molar-refractivity contribution in [3.63, 3.8) is 0 Å². The molecule has 3 nitrogen and oxygen atoms in total. The van der Waals surface area contributed by atoms with Crippen LogP contribution in [0.2, 0.25) is 0 Å². The SMILES string of the molecule is CCCS(=O)(=O)C1CCCC1CN. The zero-order valence-corrected chi connectivity index (χ0v) is 9.02. The van der Waals surface area contributed by atoms with Crippen molar-refractivity contribution in [2.45, 2.75) is 37.9 Å². The summed E-state index contributed by atoms with van der Waals surface area (Å²) in [6.07, 6.45) is 3.56. The van der Waals surface area contributed by atoms with E-state index in [1.165, 1.54) is 0 Å². The predicted octanol–water partition coefficient (Wildman–Crippen LogP) is 0.939. The van der Waals surface area contributed by atoms with E-state index in [9.17, 15) is 8.42 Å². The summed E-state index contributed by atoms with van der Waals surface area (Å²) < 4.78 is 23.5. The van der Waals surface area contributed by atoms with Gasteiger partial charge in [-0.05, 0) is 31.7 Å². The van der Waals surface area contributed by atoms with Gasteiger partial charge >= 0.3 is 0 Å². The first-order valence-corrected chi connectivity index (χ1v) is 6.75. The third kappa shape index (κ3) is 2.44. The summed E-state index contributed by atoms with van der Waals surface area (Å²) in [7, 11) is -2.85. The molecule has 78 valence electrons. The summed E-state index contributed by atoms with van der Waals surface area (Å²) in [5, 5.41) is -0.141. The van der Waals surface area contributed by atoms with Crippen molar-refractivity contribution in [3.8, 4) is 0 Å². The van der Waals surface area contributed by atoms with Crippen LogP contribution in [0.4, 0.5) is 0 Å². The Balaban J connectivity index is 2.69. The van der Waals surface area contributed by atoms with Gasteiger partial charge in [0.25, 0.3) is 0 Å². The van der Waals surface area contributed by atoms with Crippen LogP contribution in [0.5, 0.6) is 0 Å². The fourth-order valence-corrected chi connectivity index (χ4v) is 4.41. The lowest BCUT2D eigenvalue weighted by Gasteiger charge is -2.17. The minimum atomic E-state index is -2.85. The van der Waals surface area contributed by atoms with Crippen molar-refractivity contribution < 1.29 is 8.42 Å². The molecule has 1 fully saturated rings. The monoisotopic (exact) mass is 205 g/mol. The molecule has 1 aliphatic carbocycles. The molecular formula is C9H19NO2S. The molecule has 2 N–H and O–H groups in total. The van der Waals surface area contributed by atoms with Crippen molar-refractivity contribution in [3.05, 3.63) is 0 Å². The van der Waals surface area contributed by atoms with Crippen LogP contribution in [-0.2, 0) is 9.84 Å². The smallest absolute Gasteiger partial charge is 0.153 e. The number of hydrogen-bond donors (Lipinski definition) is 1. The molecule has 1 rings (SSSR count). The summed E-state index contributed by atoms with van der Waals surface area (Å²) in [6, 6.07) is 0. The average molecular weight is 205 g/mol. The summed E-state index contributed by atoms with van der Waals surface area (Å²) in [4.78, 5) is 0. The minimum Gasteiger partial charge on any atom is -0.330 e. The van der Waals surface area contributed by atoms with Crippen LogP contribution in [0, 0.1) is 5.92 Å². The topological polar surface area (TPSA) is 60.2 Å². The van der Waals surface area contributed by atoms with E-state index in [1.54, 1.807) is 0 Å². The largest absolute Gasteiger partial charge is 0.330 e. The highest BCUT2D eigenvalue weighted by Gasteiger charge is 2.35. The molecule has 0 bridgehead atoms. The number of hydrogen-bond acceptors (Lipinski definition) is 3.